The first-order chi connectivity index (χ1) is 9.63. The van der Waals surface area contributed by atoms with Crippen LogP contribution in [0.3, 0.4) is 0 Å². The van der Waals surface area contributed by atoms with Crippen molar-refractivity contribution in [2.75, 3.05) is 0 Å². The van der Waals surface area contributed by atoms with Gasteiger partial charge in [-0.2, -0.15) is 9.58 Å². The van der Waals surface area contributed by atoms with E-state index in [0.29, 0.717) is 24.3 Å². The van der Waals surface area contributed by atoms with Crippen molar-refractivity contribution in [3.8, 4) is 0 Å². The molecule has 0 spiro atoms. The van der Waals surface area contributed by atoms with Gasteiger partial charge in [0.2, 0.25) is 0 Å². The third-order valence-corrected chi connectivity index (χ3v) is 10.4. The Kier molecular flexibility index (Phi) is 5.11. The second-order valence-electron chi connectivity index (χ2n) is 4.02. The molecule has 0 bridgehead atoms. The van der Waals surface area contributed by atoms with E-state index in [1.165, 1.54) is 0 Å². The van der Waals surface area contributed by atoms with E-state index in [-0.39, 0.29) is 0 Å². The maximum absolute atomic E-state index is 8.73. The molecule has 0 aromatic carbocycles. The summed E-state index contributed by atoms with van der Waals surface area (Å²) in [5, 5.41) is 0. The van der Waals surface area contributed by atoms with Gasteiger partial charge in [0, 0.05) is 32.0 Å². The van der Waals surface area contributed by atoms with Gasteiger partial charge in [-0.3, -0.25) is 0 Å². The molecule has 0 N–H and O–H groups in total. The minimum atomic E-state index is -1.91. The van der Waals surface area contributed by atoms with Crippen LogP contribution in [0, 0.1) is 0 Å². The fourth-order valence-electron chi connectivity index (χ4n) is 1.79. The number of rotatable bonds is 3. The van der Waals surface area contributed by atoms with Gasteiger partial charge in [-0.05, 0) is 41.8 Å². The Balaban J connectivity index is 2.32. The van der Waals surface area contributed by atoms with E-state index >= 15 is 0 Å². The molecule has 0 aromatic heterocycles. The van der Waals surface area contributed by atoms with Crippen LogP contribution in [0.4, 0.5) is 0 Å². The van der Waals surface area contributed by atoms with Gasteiger partial charge in [0.1, 0.15) is 0 Å². The van der Waals surface area contributed by atoms with Crippen molar-refractivity contribution in [3.63, 3.8) is 0 Å². The van der Waals surface area contributed by atoms with Gasteiger partial charge < -0.3 is 11.1 Å². The van der Waals surface area contributed by atoms with Gasteiger partial charge in [-0.25, -0.2) is 0 Å². The lowest BCUT2D eigenvalue weighted by atomic mass is 10.1. The lowest BCUT2D eigenvalue weighted by Gasteiger charge is -2.32. The van der Waals surface area contributed by atoms with E-state index in [0.717, 1.165) is 19.8 Å². The molecule has 0 amide bonds. The highest BCUT2D eigenvalue weighted by atomic mass is 35.8. The quantitative estimate of drug-likeness (QED) is 0.412. The first kappa shape index (κ1) is 15.4. The molecule has 20 heavy (non-hydrogen) atoms. The number of hydrogen-bond acceptors (Lipinski definition) is 1. The molecule has 2 rings (SSSR count). The summed E-state index contributed by atoms with van der Waals surface area (Å²) in [4.78, 5) is 8.14. The average molecular weight is 345 g/mol. The maximum Gasteiger partial charge on any atom is 0.295 e. The van der Waals surface area contributed by atoms with Gasteiger partial charge in [0.05, 0.1) is 12.8 Å². The molecule has 0 radical (unpaired) electrons. The summed E-state index contributed by atoms with van der Waals surface area (Å²) in [6, 6.07) is 0. The van der Waals surface area contributed by atoms with E-state index < -0.39 is 8.27 Å². The number of halogens is 2. The molecule has 0 fully saturated rings. The van der Waals surface area contributed by atoms with Crippen molar-refractivity contribution in [2.45, 2.75) is 12.8 Å². The minimum absolute atomic E-state index is 0.515. The normalized spacial score (nSPS) is 22.3. The molecular formula is C12H10Cl2N4S2. The van der Waals surface area contributed by atoms with Crippen molar-refractivity contribution < 1.29 is 9.58 Å². The smallest absolute Gasteiger partial charge is 0.295 e. The Morgan fingerprint density at radius 3 is 1.65 bits per heavy atom. The van der Waals surface area contributed by atoms with Crippen molar-refractivity contribution in [3.05, 3.63) is 57.3 Å². The predicted molar refractivity (Wildman–Crippen MR) is 87.8 cm³/mol. The van der Waals surface area contributed by atoms with Crippen LogP contribution in [-0.2, 0) is 0 Å². The van der Waals surface area contributed by atoms with Gasteiger partial charge >= 0.3 is 0 Å². The largest absolute Gasteiger partial charge is 0.361 e. The first-order valence-corrected chi connectivity index (χ1v) is 10.3. The van der Waals surface area contributed by atoms with Crippen LogP contribution in [-0.4, -0.2) is 21.0 Å². The van der Waals surface area contributed by atoms with E-state index in [1.807, 2.05) is 24.3 Å². The van der Waals surface area contributed by atoms with Crippen LogP contribution in [0.1, 0.15) is 12.8 Å². The molecule has 2 aliphatic rings. The highest BCUT2D eigenvalue weighted by Gasteiger charge is 2.32. The van der Waals surface area contributed by atoms with Crippen molar-refractivity contribution in [2.24, 2.45) is 0 Å². The Morgan fingerprint density at radius 1 is 0.950 bits per heavy atom. The van der Waals surface area contributed by atoms with Crippen molar-refractivity contribution in [1.82, 2.24) is 0 Å². The molecule has 104 valence electrons. The summed E-state index contributed by atoms with van der Waals surface area (Å²) >= 11 is 0. The van der Waals surface area contributed by atoms with Gasteiger partial charge in [0.25, 0.3) is 11.4 Å². The summed E-state index contributed by atoms with van der Waals surface area (Å²) < 4.78 is 0. The monoisotopic (exact) mass is 344 g/mol. The molecule has 2 aliphatic carbocycles. The Bertz CT molecular complexity index is 598. The van der Waals surface area contributed by atoms with Crippen LogP contribution >= 0.6 is 39.6 Å². The van der Waals surface area contributed by atoms with Crippen LogP contribution in [0.25, 0.3) is 11.1 Å². The van der Waals surface area contributed by atoms with Crippen LogP contribution < -0.4 is 0 Å². The SMILES string of the molecule is [N-]=[N+]=C1C=CC(S(Cl)(SCl)C2=CCC(=[N+]=[N-])C=C2)=CC1. The highest BCUT2D eigenvalue weighted by Crippen LogP contribution is 2.77. The standard InChI is InChI=1S/C12H10Cl2N4S2/c13-19-20(14,11-5-1-9(17-15)2-6-11)12-7-3-10(18-16)4-8-12/h1,3,5-8H,2,4H2. The lowest BCUT2D eigenvalue weighted by molar-refractivity contribution is -0.00585. The number of allylic oxidation sites excluding steroid dienone is 6. The molecule has 0 aromatic rings. The topological polar surface area (TPSA) is 72.8 Å². The van der Waals surface area contributed by atoms with Gasteiger partial charge in [-0.1, -0.05) is 12.2 Å². The Hall–Kier alpha value is -1.00. The molecule has 8 heteroatoms. The number of nitrogens with zero attached hydrogens (tertiary/aromatic N) is 4. The second kappa shape index (κ2) is 6.64. The zero-order valence-corrected chi connectivity index (χ0v) is 13.4. The fraction of sp³-hybridized carbons (Fsp3) is 0.167. The van der Waals surface area contributed by atoms with Gasteiger partial charge in [-0.15, -0.1) is 0 Å². The summed E-state index contributed by atoms with van der Waals surface area (Å²) in [5.74, 6) is 0. The molecule has 4 nitrogen and oxygen atoms in total. The molecule has 0 atom stereocenters. The zero-order chi connectivity index (χ0) is 14.6. The van der Waals surface area contributed by atoms with E-state index in [1.54, 1.807) is 12.2 Å². The lowest BCUT2D eigenvalue weighted by Crippen LogP contribution is -2.04. The summed E-state index contributed by atoms with van der Waals surface area (Å²) in [5.41, 5.74) is 18.6. The third-order valence-electron chi connectivity index (χ3n) is 2.85. The molecule has 0 saturated heterocycles. The summed E-state index contributed by atoms with van der Waals surface area (Å²) in [6.45, 7) is 0. The predicted octanol–water partition coefficient (Wildman–Crippen LogP) is 4.78. The molecular weight excluding hydrogens is 335 g/mol. The maximum atomic E-state index is 8.73. The fourth-order valence-corrected chi connectivity index (χ4v) is 6.46. The minimum Gasteiger partial charge on any atom is -0.361 e. The Labute approximate surface area is 130 Å². The van der Waals surface area contributed by atoms with E-state index in [9.17, 15) is 0 Å². The third kappa shape index (κ3) is 3.01. The first-order valence-electron chi connectivity index (χ1n) is 5.65. The molecule has 0 aliphatic heterocycles. The van der Waals surface area contributed by atoms with Crippen molar-refractivity contribution >= 4 is 51.1 Å². The summed E-state index contributed by atoms with van der Waals surface area (Å²) in [7, 11) is 11.9. The average Bonchev–Trinajstić information content (AvgIpc) is 2.54. The molecule has 0 saturated carbocycles. The van der Waals surface area contributed by atoms with Crippen LogP contribution in [0.15, 0.2) is 46.3 Å². The molecule has 0 unspecified atom stereocenters. The Morgan fingerprint density at radius 2 is 1.40 bits per heavy atom. The zero-order valence-electron chi connectivity index (χ0n) is 10.2. The second-order valence-corrected chi connectivity index (χ2v) is 11.0. The highest BCUT2D eigenvalue weighted by molar-refractivity contribution is 9.11. The van der Waals surface area contributed by atoms with Crippen LogP contribution in [0.2, 0.25) is 0 Å². The number of hydrogen-bond donors (Lipinski definition) is 0. The van der Waals surface area contributed by atoms with Crippen molar-refractivity contribution in [1.29, 1.82) is 0 Å². The van der Waals surface area contributed by atoms with E-state index in [2.05, 4.69) is 9.58 Å². The summed E-state index contributed by atoms with van der Waals surface area (Å²) in [6.07, 6.45) is 11.9. The van der Waals surface area contributed by atoms with Crippen LogP contribution in [0.5, 0.6) is 0 Å². The van der Waals surface area contributed by atoms with Gasteiger partial charge in [0.15, 0.2) is 0 Å². The molecule has 0 heterocycles. The van der Waals surface area contributed by atoms with E-state index in [4.69, 9.17) is 32.4 Å².